The molecule has 4 atom stereocenters. The van der Waals surface area contributed by atoms with Gasteiger partial charge in [-0.15, -0.1) is 0 Å². The molecule has 0 amide bonds. The second-order valence-corrected chi connectivity index (χ2v) is 9.24. The van der Waals surface area contributed by atoms with E-state index in [0.29, 0.717) is 42.6 Å². The number of allylic oxidation sites excluding steroid dienone is 2. The Balaban J connectivity index is 2.47. The van der Waals surface area contributed by atoms with Crippen LogP contribution in [-0.4, -0.2) is 62.7 Å². The molecule has 182 valence electrons. The Labute approximate surface area is 196 Å². The lowest BCUT2D eigenvalue weighted by Gasteiger charge is -2.21. The molecule has 0 aromatic carbocycles. The van der Waals surface area contributed by atoms with Crippen molar-refractivity contribution in [3.05, 3.63) is 23.8 Å². The standard InChI is InChI=1S/C25H47N7/c1-6-21(9-12-24(27)29-17-15-26)19(2)13-16-30-25(28)31-23-10-7-22(8-11-23)20(3)14-18-32(4)5/h7-8,10,16,19-21,23H,6,9,11-15,17-18,26H2,1-5H3,(H2,27,29)(H2,28,31). The van der Waals surface area contributed by atoms with Crippen molar-refractivity contribution in [2.45, 2.75) is 65.3 Å². The van der Waals surface area contributed by atoms with Crippen molar-refractivity contribution in [2.75, 3.05) is 33.7 Å². The minimum atomic E-state index is 0.0774. The molecule has 6 N–H and O–H groups in total. The smallest absolute Gasteiger partial charge is 0.215 e. The van der Waals surface area contributed by atoms with E-state index in [2.05, 4.69) is 73.0 Å². The molecule has 0 saturated carbocycles. The van der Waals surface area contributed by atoms with Gasteiger partial charge >= 0.3 is 0 Å². The topological polar surface area (TPSA) is 118 Å². The van der Waals surface area contributed by atoms with Crippen LogP contribution in [0.3, 0.4) is 0 Å². The number of guanidine groups is 1. The SMILES string of the molecule is CCC(CCC(N)=NCCN)C(C)CC=NC(N)=NC1C=CC(C(C)CCN(C)C)=CC1. The normalized spacial score (nSPS) is 20.6. The summed E-state index contributed by atoms with van der Waals surface area (Å²) in [6.45, 7) is 9.01. The van der Waals surface area contributed by atoms with Gasteiger partial charge in [0.1, 0.15) is 0 Å². The molecule has 0 spiro atoms. The first-order valence-corrected chi connectivity index (χ1v) is 12.1. The molecule has 0 heterocycles. The third kappa shape index (κ3) is 11.6. The average molecular weight is 446 g/mol. The number of rotatable bonds is 14. The minimum Gasteiger partial charge on any atom is -0.387 e. The molecule has 4 unspecified atom stereocenters. The van der Waals surface area contributed by atoms with Crippen molar-refractivity contribution < 1.29 is 0 Å². The maximum Gasteiger partial charge on any atom is 0.215 e. The first-order valence-electron chi connectivity index (χ1n) is 12.1. The highest BCUT2D eigenvalue weighted by Gasteiger charge is 2.15. The number of hydrogen-bond acceptors (Lipinski definition) is 4. The third-order valence-electron chi connectivity index (χ3n) is 6.23. The first-order chi connectivity index (χ1) is 15.3. The number of nitrogens with two attached hydrogens (primary N) is 3. The molecule has 1 rings (SSSR count). The van der Waals surface area contributed by atoms with E-state index in [0.717, 1.165) is 45.1 Å². The van der Waals surface area contributed by atoms with Crippen LogP contribution in [0.5, 0.6) is 0 Å². The Morgan fingerprint density at radius 3 is 2.59 bits per heavy atom. The maximum atomic E-state index is 6.07. The minimum absolute atomic E-state index is 0.0774. The van der Waals surface area contributed by atoms with Gasteiger partial charge in [0.05, 0.1) is 18.4 Å². The second kappa shape index (κ2) is 15.8. The van der Waals surface area contributed by atoms with Crippen molar-refractivity contribution in [3.8, 4) is 0 Å². The molecule has 7 heteroatoms. The number of aliphatic imine (C=N–C) groups is 3. The summed E-state index contributed by atoms with van der Waals surface area (Å²) in [6, 6.07) is 0.0774. The number of nitrogens with zero attached hydrogens (tertiary/aromatic N) is 4. The van der Waals surface area contributed by atoms with Gasteiger partial charge in [0.15, 0.2) is 0 Å². The third-order valence-corrected chi connectivity index (χ3v) is 6.23. The lowest BCUT2D eigenvalue weighted by Crippen LogP contribution is -2.19. The molecule has 1 aliphatic carbocycles. The molecule has 0 aliphatic heterocycles. The van der Waals surface area contributed by atoms with Crippen molar-refractivity contribution in [3.63, 3.8) is 0 Å². The molecule has 0 aromatic rings. The zero-order valence-electron chi connectivity index (χ0n) is 21.0. The van der Waals surface area contributed by atoms with Crippen molar-refractivity contribution in [2.24, 2.45) is 49.9 Å². The number of hydrogen-bond donors (Lipinski definition) is 3. The lowest BCUT2D eigenvalue weighted by atomic mass is 9.85. The van der Waals surface area contributed by atoms with Gasteiger partial charge in [-0.1, -0.05) is 45.4 Å². The van der Waals surface area contributed by atoms with Crippen LogP contribution >= 0.6 is 0 Å². The van der Waals surface area contributed by atoms with Crippen LogP contribution in [0.15, 0.2) is 38.8 Å². The first kappa shape index (κ1) is 28.0. The Kier molecular flexibility index (Phi) is 13.8. The largest absolute Gasteiger partial charge is 0.387 e. The molecule has 1 aliphatic rings. The van der Waals surface area contributed by atoms with E-state index < -0.39 is 0 Å². The predicted octanol–water partition coefficient (Wildman–Crippen LogP) is 3.36. The fourth-order valence-corrected chi connectivity index (χ4v) is 3.93. The fraction of sp³-hybridized carbons (Fsp3) is 0.720. The van der Waals surface area contributed by atoms with Crippen LogP contribution in [-0.2, 0) is 0 Å². The Bertz CT molecular complexity index is 676. The van der Waals surface area contributed by atoms with Gasteiger partial charge in [-0.2, -0.15) is 0 Å². The van der Waals surface area contributed by atoms with Gasteiger partial charge in [0.25, 0.3) is 0 Å². The molecule has 0 radical (unpaired) electrons. The van der Waals surface area contributed by atoms with E-state index in [-0.39, 0.29) is 6.04 Å². The summed E-state index contributed by atoms with van der Waals surface area (Å²) in [7, 11) is 4.23. The van der Waals surface area contributed by atoms with Crippen molar-refractivity contribution in [1.82, 2.24) is 4.90 Å². The van der Waals surface area contributed by atoms with Crippen LogP contribution in [0.25, 0.3) is 0 Å². The van der Waals surface area contributed by atoms with Crippen LogP contribution in [0.4, 0.5) is 0 Å². The van der Waals surface area contributed by atoms with Crippen LogP contribution in [0.1, 0.15) is 59.3 Å². The molecule has 0 aromatic heterocycles. The summed E-state index contributed by atoms with van der Waals surface area (Å²) in [5.41, 5.74) is 18.9. The quantitative estimate of drug-likeness (QED) is 0.280. The molecule has 0 fully saturated rings. The van der Waals surface area contributed by atoms with Gasteiger partial charge < -0.3 is 22.1 Å². The van der Waals surface area contributed by atoms with Crippen LogP contribution < -0.4 is 17.2 Å². The summed E-state index contributed by atoms with van der Waals surface area (Å²) < 4.78 is 0. The van der Waals surface area contributed by atoms with Gasteiger partial charge in [-0.3, -0.25) is 4.99 Å². The Hall–Kier alpha value is -1.99. The maximum absolute atomic E-state index is 6.07. The zero-order chi connectivity index (χ0) is 23.9. The molecule has 7 nitrogen and oxygen atoms in total. The van der Waals surface area contributed by atoms with E-state index in [4.69, 9.17) is 17.2 Å². The monoisotopic (exact) mass is 445 g/mol. The molecule has 0 bridgehead atoms. The highest BCUT2D eigenvalue weighted by molar-refractivity contribution is 5.86. The van der Waals surface area contributed by atoms with Crippen molar-refractivity contribution >= 4 is 18.0 Å². The van der Waals surface area contributed by atoms with E-state index in [1.54, 1.807) is 0 Å². The summed E-state index contributed by atoms with van der Waals surface area (Å²) >= 11 is 0. The van der Waals surface area contributed by atoms with E-state index in [1.807, 2.05) is 6.21 Å². The van der Waals surface area contributed by atoms with Crippen LogP contribution in [0, 0.1) is 17.8 Å². The molecule has 32 heavy (non-hydrogen) atoms. The molecular formula is C25H47N7. The average Bonchev–Trinajstić information content (AvgIpc) is 2.76. The van der Waals surface area contributed by atoms with Gasteiger partial charge in [-0.25, -0.2) is 9.98 Å². The van der Waals surface area contributed by atoms with Crippen LogP contribution in [0.2, 0.25) is 0 Å². The highest BCUT2D eigenvalue weighted by Crippen LogP contribution is 2.24. The Morgan fingerprint density at radius 1 is 1.25 bits per heavy atom. The van der Waals surface area contributed by atoms with E-state index in [1.165, 1.54) is 5.57 Å². The second-order valence-electron chi connectivity index (χ2n) is 9.24. The lowest BCUT2D eigenvalue weighted by molar-refractivity contribution is 0.340. The molecule has 0 saturated heterocycles. The zero-order valence-corrected chi connectivity index (χ0v) is 21.0. The van der Waals surface area contributed by atoms with Gasteiger partial charge in [0.2, 0.25) is 5.96 Å². The van der Waals surface area contributed by atoms with E-state index in [9.17, 15) is 0 Å². The summed E-state index contributed by atoms with van der Waals surface area (Å²) in [5.74, 6) is 2.70. The predicted molar refractivity (Wildman–Crippen MR) is 140 cm³/mol. The van der Waals surface area contributed by atoms with Crippen molar-refractivity contribution in [1.29, 1.82) is 0 Å². The fourth-order valence-electron chi connectivity index (χ4n) is 3.93. The summed E-state index contributed by atoms with van der Waals surface area (Å²) in [6.07, 6.45) is 14.4. The van der Waals surface area contributed by atoms with Gasteiger partial charge in [0, 0.05) is 19.2 Å². The molecular weight excluding hydrogens is 398 g/mol. The number of amidine groups is 1. The Morgan fingerprint density at radius 2 is 2.00 bits per heavy atom. The summed E-state index contributed by atoms with van der Waals surface area (Å²) in [4.78, 5) is 15.5. The van der Waals surface area contributed by atoms with Gasteiger partial charge in [-0.05, 0) is 69.7 Å². The van der Waals surface area contributed by atoms with E-state index >= 15 is 0 Å². The summed E-state index contributed by atoms with van der Waals surface area (Å²) in [5, 5.41) is 0. The highest BCUT2D eigenvalue weighted by atomic mass is 15.0.